The van der Waals surface area contributed by atoms with Crippen LogP contribution in [0.1, 0.15) is 24.3 Å². The Hall–Kier alpha value is -2.29. The predicted molar refractivity (Wildman–Crippen MR) is 123 cm³/mol. The molecule has 1 saturated heterocycles. The van der Waals surface area contributed by atoms with Crippen molar-refractivity contribution in [2.45, 2.75) is 35.7 Å². The quantitative estimate of drug-likeness (QED) is 0.197. The van der Waals surface area contributed by atoms with E-state index in [1.54, 1.807) is 24.3 Å². The molecule has 8 heteroatoms. The van der Waals surface area contributed by atoms with Crippen LogP contribution in [-0.4, -0.2) is 33.2 Å². The summed E-state index contributed by atoms with van der Waals surface area (Å²) in [4.78, 5) is 31.4. The first-order valence-electron chi connectivity index (χ1n) is 11.1. The normalized spacial score (nSPS) is 20.4. The number of esters is 1. The average molecular weight is 461 g/mol. The summed E-state index contributed by atoms with van der Waals surface area (Å²) in [5.41, 5.74) is 1.59. The number of likely N-dealkylation sites (tertiary alicyclic amines) is 1. The number of rotatable bonds is 8. The van der Waals surface area contributed by atoms with Crippen LogP contribution >= 0.6 is 32.9 Å². The Morgan fingerprint density at radius 2 is 2.13 bits per heavy atom. The van der Waals surface area contributed by atoms with Crippen LogP contribution in [0.25, 0.3) is 10.2 Å². The van der Waals surface area contributed by atoms with E-state index in [1.807, 2.05) is 30.3 Å². The van der Waals surface area contributed by atoms with E-state index in [0.717, 1.165) is 31.5 Å². The second-order valence-electron chi connectivity index (χ2n) is 6.52. The maximum atomic E-state index is 13.0. The molecule has 4 rings (SSSR count). The Morgan fingerprint density at radius 3 is 2.90 bits per heavy atom. The molecule has 1 fully saturated rings. The van der Waals surface area contributed by atoms with Crippen LogP contribution in [-0.2, 0) is 20.9 Å². The summed E-state index contributed by atoms with van der Waals surface area (Å²) in [6.07, 6.45) is -2.21. The fourth-order valence-corrected chi connectivity index (χ4v) is 6.48. The highest BCUT2D eigenvalue weighted by Gasteiger charge is 2.45. The van der Waals surface area contributed by atoms with Crippen LogP contribution in [0.2, 0.25) is 0 Å². The molecule has 0 radical (unpaired) electrons. The lowest BCUT2D eigenvalue weighted by Gasteiger charge is -2.43. The summed E-state index contributed by atoms with van der Waals surface area (Å²) in [7, 11) is 2.31. The van der Waals surface area contributed by atoms with Crippen molar-refractivity contribution in [3.8, 4) is 0 Å². The largest absolute Gasteiger partial charge is 0.459 e. The van der Waals surface area contributed by atoms with E-state index in [-0.39, 0.29) is 12.2 Å². The molecule has 1 aliphatic heterocycles. The van der Waals surface area contributed by atoms with E-state index in [1.165, 1.54) is 29.1 Å². The highest BCUT2D eigenvalue weighted by Crippen LogP contribution is 2.45. The van der Waals surface area contributed by atoms with Gasteiger partial charge in [-0.3, -0.25) is 4.79 Å². The average Bonchev–Trinajstić information content (AvgIpc) is 3.25. The van der Waals surface area contributed by atoms with Gasteiger partial charge >= 0.3 is 5.97 Å². The SMILES string of the molecule is [2H]C([2H])=C(C)[C@H](C(=O)OCc1ccccc1)N1C(=O)C([2H])([2H])[C@H]1SSc1nc2ccccc2s1. The lowest BCUT2D eigenvalue weighted by molar-refractivity contribution is -0.160. The molecule has 2 atom stereocenters. The second kappa shape index (κ2) is 9.24. The maximum Gasteiger partial charge on any atom is 0.333 e. The number of hydrogen-bond acceptors (Lipinski definition) is 7. The van der Waals surface area contributed by atoms with Crippen molar-refractivity contribution in [2.75, 3.05) is 0 Å². The number of nitrogens with zero attached hydrogens (tertiary/aromatic N) is 2. The topological polar surface area (TPSA) is 59.5 Å². The van der Waals surface area contributed by atoms with Crippen molar-refractivity contribution in [1.82, 2.24) is 9.88 Å². The second-order valence-corrected chi connectivity index (χ2v) is 10.1. The number of hydrogen-bond donors (Lipinski definition) is 0. The number of fused-ring (bicyclic) bond motifs is 1. The van der Waals surface area contributed by atoms with Crippen LogP contribution in [0.5, 0.6) is 0 Å². The number of thiazole rings is 1. The number of carbonyl (C=O) groups is 2. The minimum atomic E-state index is -2.21. The first-order chi connectivity index (χ1) is 16.2. The molecule has 0 spiro atoms. The Bertz CT molecular complexity index is 1220. The first kappa shape index (κ1) is 16.4. The standard InChI is InChI=1S/C22H20N2O3S3/c1-14(2)20(21(26)27-13-15-8-4-3-5-9-15)24-18(25)12-19(24)29-30-22-23-16-10-6-7-11-17(16)28-22/h3-11,19-20H,1,12-13H2,2H3/t19-,20-/m1/s1/i1D2,12D2. The number of para-hydroxylation sites is 1. The van der Waals surface area contributed by atoms with Crippen molar-refractivity contribution in [3.05, 3.63) is 72.3 Å². The third-order valence-corrected chi connectivity index (χ3v) is 8.17. The summed E-state index contributed by atoms with van der Waals surface area (Å²) in [6, 6.07) is 15.3. The first-order valence-corrected chi connectivity index (χ1v) is 12.1. The summed E-state index contributed by atoms with van der Waals surface area (Å²) < 4.78 is 38.9. The van der Waals surface area contributed by atoms with Gasteiger partial charge in [-0.25, -0.2) is 9.78 Å². The van der Waals surface area contributed by atoms with E-state index in [0.29, 0.717) is 4.34 Å². The maximum absolute atomic E-state index is 13.0. The molecule has 0 unspecified atom stereocenters. The van der Waals surface area contributed by atoms with E-state index in [2.05, 4.69) is 4.98 Å². The number of aromatic nitrogens is 1. The van der Waals surface area contributed by atoms with Crippen LogP contribution in [0, 0.1) is 0 Å². The molecule has 1 aromatic heterocycles. The highest BCUT2D eigenvalue weighted by atomic mass is 33.1. The summed E-state index contributed by atoms with van der Waals surface area (Å²) >= 11 is 1.45. The zero-order chi connectivity index (χ0) is 24.5. The lowest BCUT2D eigenvalue weighted by atomic mass is 10.0. The van der Waals surface area contributed by atoms with Gasteiger partial charge in [-0.1, -0.05) is 59.8 Å². The molecule has 30 heavy (non-hydrogen) atoms. The molecule has 2 aromatic carbocycles. The molecule has 5 nitrogen and oxygen atoms in total. The molecule has 0 aliphatic carbocycles. The van der Waals surface area contributed by atoms with E-state index in [4.69, 9.17) is 10.2 Å². The van der Waals surface area contributed by atoms with E-state index < -0.39 is 36.2 Å². The number of β-lactam (4-membered cyclic amide) rings is 1. The van der Waals surface area contributed by atoms with Gasteiger partial charge in [0.1, 0.15) is 6.61 Å². The third-order valence-electron chi connectivity index (χ3n) is 4.35. The molecule has 0 N–H and O–H groups in total. The van der Waals surface area contributed by atoms with Crippen LogP contribution in [0.15, 0.2) is 71.0 Å². The van der Waals surface area contributed by atoms with Gasteiger partial charge in [0.05, 0.1) is 24.7 Å². The molecular formula is C22H20N2O3S3. The van der Waals surface area contributed by atoms with Gasteiger partial charge < -0.3 is 9.64 Å². The zero-order valence-corrected chi connectivity index (χ0v) is 18.4. The molecule has 3 aromatic rings. The van der Waals surface area contributed by atoms with Crippen LogP contribution in [0.4, 0.5) is 0 Å². The van der Waals surface area contributed by atoms with Gasteiger partial charge in [0, 0.05) is 2.74 Å². The molecule has 0 saturated carbocycles. The minimum absolute atomic E-state index is 0.0116. The van der Waals surface area contributed by atoms with Gasteiger partial charge in [-0.2, -0.15) is 0 Å². The summed E-state index contributed by atoms with van der Waals surface area (Å²) in [5.74, 6) is -1.69. The van der Waals surface area contributed by atoms with Crippen molar-refractivity contribution < 1.29 is 19.8 Å². The van der Waals surface area contributed by atoms with E-state index >= 15 is 0 Å². The van der Waals surface area contributed by atoms with Gasteiger partial charge in [0.2, 0.25) is 5.91 Å². The monoisotopic (exact) mass is 460 g/mol. The van der Waals surface area contributed by atoms with E-state index in [9.17, 15) is 9.59 Å². The minimum Gasteiger partial charge on any atom is -0.459 e. The summed E-state index contributed by atoms with van der Waals surface area (Å²) in [5, 5.41) is -1.03. The van der Waals surface area contributed by atoms with Crippen molar-refractivity contribution in [2.24, 2.45) is 0 Å². The molecule has 154 valence electrons. The molecular weight excluding hydrogens is 436 g/mol. The van der Waals surface area contributed by atoms with Crippen LogP contribution in [0.3, 0.4) is 0 Å². The van der Waals surface area contributed by atoms with Crippen molar-refractivity contribution in [3.63, 3.8) is 0 Å². The predicted octanol–water partition coefficient (Wildman–Crippen LogP) is 5.28. The molecule has 0 bridgehead atoms. The fraction of sp³-hybridized carbons (Fsp3) is 0.227. The Kier molecular flexibility index (Phi) is 5.05. The number of ether oxygens (including phenoxy) is 1. The van der Waals surface area contributed by atoms with Crippen LogP contribution < -0.4 is 0 Å². The Labute approximate surface area is 192 Å². The lowest BCUT2D eigenvalue weighted by Crippen LogP contribution is -2.58. The molecule has 2 heterocycles. The zero-order valence-electron chi connectivity index (χ0n) is 19.9. The summed E-state index contributed by atoms with van der Waals surface area (Å²) in [6.45, 7) is 0.750. The van der Waals surface area contributed by atoms with Crippen molar-refractivity contribution >= 4 is 55.0 Å². The highest BCUT2D eigenvalue weighted by molar-refractivity contribution is 8.77. The smallest absolute Gasteiger partial charge is 0.333 e. The molecule has 1 aliphatic rings. The van der Waals surface area contributed by atoms with Gasteiger partial charge in [-0.15, -0.1) is 11.3 Å². The van der Waals surface area contributed by atoms with Gasteiger partial charge in [0.25, 0.3) is 0 Å². The number of amides is 1. The van der Waals surface area contributed by atoms with Crippen molar-refractivity contribution in [1.29, 1.82) is 0 Å². The van der Waals surface area contributed by atoms with Gasteiger partial charge in [-0.05, 0) is 41.0 Å². The number of carbonyl (C=O) groups excluding carboxylic acids is 2. The third kappa shape index (κ3) is 4.55. The molecule has 1 amide bonds. The number of benzene rings is 2. The van der Waals surface area contributed by atoms with Gasteiger partial charge in [0.15, 0.2) is 10.4 Å². The Balaban J connectivity index is 1.55. The Morgan fingerprint density at radius 1 is 1.37 bits per heavy atom. The fourth-order valence-electron chi connectivity index (χ4n) is 2.89.